The van der Waals surface area contributed by atoms with Crippen molar-refractivity contribution in [2.75, 3.05) is 32.4 Å². The lowest BCUT2D eigenvalue weighted by atomic mass is 10.3. The van der Waals surface area contributed by atoms with Crippen molar-refractivity contribution in [3.8, 4) is 0 Å². The molecule has 114 valence electrons. The van der Waals surface area contributed by atoms with Gasteiger partial charge in [-0.05, 0) is 38.6 Å². The van der Waals surface area contributed by atoms with Crippen LogP contribution >= 0.6 is 23.1 Å². The molecule has 1 saturated heterocycles. The summed E-state index contributed by atoms with van der Waals surface area (Å²) in [4.78, 5) is 1.12. The predicted octanol–water partition coefficient (Wildman–Crippen LogP) is 2.03. The van der Waals surface area contributed by atoms with E-state index in [-0.39, 0.29) is 0 Å². The predicted molar refractivity (Wildman–Crippen MR) is 87.2 cm³/mol. The number of likely N-dealkylation sites (N-methyl/N-ethyl adjacent to an activating group) is 1. The lowest BCUT2D eigenvalue weighted by Crippen LogP contribution is -2.41. The van der Waals surface area contributed by atoms with Crippen LogP contribution in [0.1, 0.15) is 18.2 Å². The van der Waals surface area contributed by atoms with Crippen molar-refractivity contribution in [2.24, 2.45) is 0 Å². The topological polar surface area (TPSA) is 49.4 Å². The molecule has 0 radical (unpaired) electrons. The van der Waals surface area contributed by atoms with E-state index in [0.717, 1.165) is 30.0 Å². The van der Waals surface area contributed by atoms with Gasteiger partial charge in [0.25, 0.3) is 10.0 Å². The monoisotopic (exact) mass is 334 g/mol. The summed E-state index contributed by atoms with van der Waals surface area (Å²) in [7, 11) is -1.39. The van der Waals surface area contributed by atoms with Crippen molar-refractivity contribution in [1.29, 1.82) is 0 Å². The van der Waals surface area contributed by atoms with E-state index in [4.69, 9.17) is 0 Å². The van der Waals surface area contributed by atoms with Crippen molar-refractivity contribution in [3.63, 3.8) is 0 Å². The minimum Gasteiger partial charge on any atom is -0.319 e. The van der Waals surface area contributed by atoms with Crippen molar-refractivity contribution >= 4 is 33.1 Å². The van der Waals surface area contributed by atoms with Gasteiger partial charge in [0.05, 0.1) is 0 Å². The third kappa shape index (κ3) is 3.76. The van der Waals surface area contributed by atoms with E-state index >= 15 is 0 Å². The lowest BCUT2D eigenvalue weighted by molar-refractivity contribution is 0.417. The number of rotatable bonds is 6. The molecule has 20 heavy (non-hydrogen) atoms. The van der Waals surface area contributed by atoms with Crippen LogP contribution in [0.15, 0.2) is 16.3 Å². The summed E-state index contributed by atoms with van der Waals surface area (Å²) in [5, 5.41) is 3.52. The second kappa shape index (κ2) is 7.26. The molecule has 1 N–H and O–H groups in total. The molecule has 0 spiro atoms. The molecule has 1 unspecified atom stereocenters. The molecule has 1 aliphatic heterocycles. The first-order valence-corrected chi connectivity index (χ1v) is 10.2. The molecule has 0 bridgehead atoms. The molecule has 2 heterocycles. The van der Waals surface area contributed by atoms with Gasteiger partial charge in [-0.25, -0.2) is 8.42 Å². The number of nitrogens with zero attached hydrogens (tertiary/aromatic N) is 1. The standard InChI is InChI=1S/C13H22N2O2S3/c1-3-11-10-15(8-9-18-11)20(16,17)13-5-4-12(19-13)6-7-14-2/h4-5,11,14H,3,6-10H2,1-2H3. The first-order valence-electron chi connectivity index (χ1n) is 6.93. The van der Waals surface area contributed by atoms with Crippen LogP contribution in [0, 0.1) is 0 Å². The van der Waals surface area contributed by atoms with Crippen LogP contribution < -0.4 is 5.32 Å². The number of nitrogens with one attached hydrogen (secondary N) is 1. The van der Waals surface area contributed by atoms with Crippen LogP contribution in [-0.2, 0) is 16.4 Å². The maximum absolute atomic E-state index is 12.6. The highest BCUT2D eigenvalue weighted by Crippen LogP contribution is 2.29. The minimum atomic E-state index is -3.29. The van der Waals surface area contributed by atoms with Gasteiger partial charge in [-0.3, -0.25) is 0 Å². The summed E-state index contributed by atoms with van der Waals surface area (Å²) in [6, 6.07) is 3.69. The van der Waals surface area contributed by atoms with Crippen LogP contribution in [0.3, 0.4) is 0 Å². The molecular formula is C13H22N2O2S3. The zero-order chi connectivity index (χ0) is 14.6. The third-order valence-electron chi connectivity index (χ3n) is 3.41. The SMILES string of the molecule is CCC1CN(S(=O)(=O)c2ccc(CCNC)s2)CCS1. The fraction of sp³-hybridized carbons (Fsp3) is 0.692. The zero-order valence-electron chi connectivity index (χ0n) is 12.0. The van der Waals surface area contributed by atoms with E-state index in [1.165, 1.54) is 11.3 Å². The number of sulfonamides is 1. The van der Waals surface area contributed by atoms with Gasteiger partial charge >= 0.3 is 0 Å². The van der Waals surface area contributed by atoms with Crippen molar-refractivity contribution in [2.45, 2.75) is 29.2 Å². The summed E-state index contributed by atoms with van der Waals surface area (Å²) in [5.74, 6) is 0.899. The van der Waals surface area contributed by atoms with Crippen molar-refractivity contribution in [3.05, 3.63) is 17.0 Å². The molecule has 1 fully saturated rings. The van der Waals surface area contributed by atoms with Crippen LogP contribution in [-0.4, -0.2) is 50.4 Å². The number of hydrogen-bond acceptors (Lipinski definition) is 5. The molecule has 1 aromatic heterocycles. The van der Waals surface area contributed by atoms with E-state index in [0.29, 0.717) is 22.5 Å². The Balaban J connectivity index is 2.11. The normalized spacial score (nSPS) is 21.2. The highest BCUT2D eigenvalue weighted by molar-refractivity contribution is 8.00. The second-order valence-corrected chi connectivity index (χ2v) is 9.58. The van der Waals surface area contributed by atoms with E-state index in [1.54, 1.807) is 10.4 Å². The Morgan fingerprint density at radius 1 is 1.45 bits per heavy atom. The Kier molecular flexibility index (Phi) is 5.92. The van der Waals surface area contributed by atoms with Crippen molar-refractivity contribution in [1.82, 2.24) is 9.62 Å². The van der Waals surface area contributed by atoms with E-state index in [1.807, 2.05) is 24.9 Å². The lowest BCUT2D eigenvalue weighted by Gasteiger charge is -2.30. The molecule has 2 rings (SSSR count). The maximum atomic E-state index is 12.6. The summed E-state index contributed by atoms with van der Waals surface area (Å²) in [6.07, 6.45) is 1.90. The molecule has 4 nitrogen and oxygen atoms in total. The fourth-order valence-corrected chi connectivity index (χ4v) is 6.55. The van der Waals surface area contributed by atoms with E-state index in [9.17, 15) is 8.42 Å². The largest absolute Gasteiger partial charge is 0.319 e. The average molecular weight is 335 g/mol. The average Bonchev–Trinajstić information content (AvgIpc) is 2.94. The molecule has 0 amide bonds. The Hall–Kier alpha value is -0.0800. The summed E-state index contributed by atoms with van der Waals surface area (Å²) >= 11 is 3.29. The number of thiophene rings is 1. The van der Waals surface area contributed by atoms with Gasteiger partial charge in [0, 0.05) is 29.0 Å². The maximum Gasteiger partial charge on any atom is 0.252 e. The third-order valence-corrected chi connectivity index (χ3v) is 8.26. The van der Waals surface area contributed by atoms with Gasteiger partial charge in [0.2, 0.25) is 0 Å². The second-order valence-electron chi connectivity index (χ2n) is 4.84. The van der Waals surface area contributed by atoms with Gasteiger partial charge in [0.1, 0.15) is 4.21 Å². The summed E-state index contributed by atoms with van der Waals surface area (Å²) < 4.78 is 27.4. The molecule has 1 aliphatic rings. The Labute approximate surface area is 130 Å². The number of hydrogen-bond donors (Lipinski definition) is 1. The Bertz CT molecular complexity index is 527. The summed E-state index contributed by atoms with van der Waals surface area (Å²) in [6.45, 7) is 4.27. The van der Waals surface area contributed by atoms with Gasteiger partial charge in [0.15, 0.2) is 0 Å². The van der Waals surface area contributed by atoms with E-state index < -0.39 is 10.0 Å². The molecule has 7 heteroatoms. The zero-order valence-corrected chi connectivity index (χ0v) is 14.4. The van der Waals surface area contributed by atoms with Crippen LogP contribution in [0.4, 0.5) is 0 Å². The summed E-state index contributed by atoms with van der Waals surface area (Å²) in [5.41, 5.74) is 0. The molecule has 0 aromatic carbocycles. The Morgan fingerprint density at radius 2 is 2.25 bits per heavy atom. The van der Waals surface area contributed by atoms with Crippen molar-refractivity contribution < 1.29 is 8.42 Å². The van der Waals surface area contributed by atoms with Crippen LogP contribution in [0.2, 0.25) is 0 Å². The first kappa shape index (κ1) is 16.3. The molecular weight excluding hydrogens is 312 g/mol. The Morgan fingerprint density at radius 3 is 2.95 bits per heavy atom. The molecule has 0 aliphatic carbocycles. The molecule has 0 saturated carbocycles. The van der Waals surface area contributed by atoms with Crippen LogP contribution in [0.5, 0.6) is 0 Å². The highest BCUT2D eigenvalue weighted by Gasteiger charge is 2.30. The van der Waals surface area contributed by atoms with Gasteiger partial charge in [-0.15, -0.1) is 11.3 Å². The smallest absolute Gasteiger partial charge is 0.252 e. The fourth-order valence-electron chi connectivity index (χ4n) is 2.16. The molecule has 1 atom stereocenters. The highest BCUT2D eigenvalue weighted by atomic mass is 32.2. The van der Waals surface area contributed by atoms with Gasteiger partial charge < -0.3 is 5.32 Å². The molecule has 1 aromatic rings. The van der Waals surface area contributed by atoms with E-state index in [2.05, 4.69) is 12.2 Å². The van der Waals surface area contributed by atoms with Gasteiger partial charge in [-0.2, -0.15) is 16.1 Å². The first-order chi connectivity index (χ1) is 9.57. The quantitative estimate of drug-likeness (QED) is 0.865. The van der Waals surface area contributed by atoms with Crippen LogP contribution in [0.25, 0.3) is 0 Å². The number of thioether (sulfide) groups is 1. The van der Waals surface area contributed by atoms with Gasteiger partial charge in [-0.1, -0.05) is 6.92 Å². The minimum absolute atomic E-state index is 0.433.